The van der Waals surface area contributed by atoms with E-state index >= 15 is 0 Å². The molecule has 2 N–H and O–H groups in total. The van der Waals surface area contributed by atoms with E-state index in [1.165, 1.54) is 31.8 Å². The first-order valence-electron chi connectivity index (χ1n) is 9.86. The van der Waals surface area contributed by atoms with Crippen LogP contribution >= 0.6 is 22.9 Å². The Bertz CT molecular complexity index is 1260. The van der Waals surface area contributed by atoms with E-state index in [1.54, 1.807) is 23.9 Å². The number of rotatable bonds is 7. The van der Waals surface area contributed by atoms with E-state index in [9.17, 15) is 22.8 Å². The van der Waals surface area contributed by atoms with E-state index in [1.807, 2.05) is 0 Å². The lowest BCUT2D eigenvalue weighted by molar-refractivity contribution is -0.125. The molecule has 1 unspecified atom stereocenters. The predicted molar refractivity (Wildman–Crippen MR) is 122 cm³/mol. The topological polar surface area (TPSA) is 127 Å². The number of aromatic nitrogens is 5. The largest absolute Gasteiger partial charge is 0.393 e. The number of hydrogen-bond acceptors (Lipinski definition) is 8. The van der Waals surface area contributed by atoms with Gasteiger partial charge in [0.2, 0.25) is 0 Å². The molecule has 0 aromatic carbocycles. The highest BCUT2D eigenvalue weighted by molar-refractivity contribution is 7.13. The lowest BCUT2D eigenvalue weighted by Crippen LogP contribution is -2.28. The number of halogens is 4. The molecule has 0 spiro atoms. The molecular weight excluding hydrogens is 509 g/mol. The number of hydrogen-bond donors (Lipinski definition) is 2. The zero-order chi connectivity index (χ0) is 25.6. The second-order valence-electron chi connectivity index (χ2n) is 7.03. The van der Waals surface area contributed by atoms with Gasteiger partial charge >= 0.3 is 6.18 Å². The highest BCUT2D eigenvalue weighted by atomic mass is 35.5. The van der Waals surface area contributed by atoms with Crippen LogP contribution in [0.15, 0.2) is 53.5 Å². The normalized spacial score (nSPS) is 13.4. The average Bonchev–Trinajstić information content (AvgIpc) is 3.49. The maximum atomic E-state index is 12.6. The molecule has 3 aromatic rings. The number of imidazole rings is 1. The molecule has 3 rings (SSSR count). The average molecular weight is 527 g/mol. The Morgan fingerprint density at radius 2 is 2.06 bits per heavy atom. The van der Waals surface area contributed by atoms with E-state index in [-0.39, 0.29) is 16.4 Å². The van der Waals surface area contributed by atoms with E-state index in [4.69, 9.17) is 11.6 Å². The molecule has 0 aliphatic carbocycles. The van der Waals surface area contributed by atoms with Gasteiger partial charge in [0.25, 0.3) is 11.8 Å². The molecule has 0 radical (unpaired) electrons. The molecule has 1 atom stereocenters. The molecule has 10 nitrogen and oxygen atoms in total. The number of carbonyl (C=O) groups is 2. The van der Waals surface area contributed by atoms with E-state index < -0.39 is 35.5 Å². The molecule has 15 heteroatoms. The van der Waals surface area contributed by atoms with E-state index in [0.29, 0.717) is 10.8 Å². The molecule has 0 fully saturated rings. The molecule has 3 heterocycles. The van der Waals surface area contributed by atoms with Gasteiger partial charge in [-0.3, -0.25) is 14.2 Å². The summed E-state index contributed by atoms with van der Waals surface area (Å²) < 4.78 is 38.5. The molecule has 35 heavy (non-hydrogen) atoms. The number of carbonyl (C=O) groups excluding carboxylic acids is 2. The summed E-state index contributed by atoms with van der Waals surface area (Å²) in [6, 6.07) is 0.960. The van der Waals surface area contributed by atoms with Gasteiger partial charge in [0.1, 0.15) is 39.9 Å². The molecule has 3 aromatic heterocycles. The number of nitrogens with one attached hydrogen (secondary N) is 2. The Morgan fingerprint density at radius 3 is 2.74 bits per heavy atom. The van der Waals surface area contributed by atoms with E-state index in [0.717, 1.165) is 17.5 Å². The molecule has 0 saturated carbocycles. The van der Waals surface area contributed by atoms with Crippen LogP contribution in [0.25, 0.3) is 5.82 Å². The van der Waals surface area contributed by atoms with Crippen molar-refractivity contribution in [1.82, 2.24) is 35.1 Å². The van der Waals surface area contributed by atoms with E-state index in [2.05, 4.69) is 35.6 Å². The first kappa shape index (κ1) is 26.0. The third kappa shape index (κ3) is 7.68. The summed E-state index contributed by atoms with van der Waals surface area (Å²) in [7, 11) is 0. The van der Waals surface area contributed by atoms with Crippen molar-refractivity contribution in [2.75, 3.05) is 0 Å². The van der Waals surface area contributed by atoms with Crippen LogP contribution in [-0.2, 0) is 0 Å². The van der Waals surface area contributed by atoms with Crippen LogP contribution in [0.5, 0.6) is 0 Å². The van der Waals surface area contributed by atoms with Crippen LogP contribution in [0, 0.1) is 0 Å². The van der Waals surface area contributed by atoms with Crippen LogP contribution in [0.4, 0.5) is 13.2 Å². The Labute approximate surface area is 206 Å². The Hall–Kier alpha value is -3.65. The van der Waals surface area contributed by atoms with Crippen LogP contribution in [0.3, 0.4) is 0 Å². The van der Waals surface area contributed by atoms with Gasteiger partial charge in [-0.15, -0.1) is 11.3 Å². The van der Waals surface area contributed by atoms with Crippen LogP contribution in [-0.4, -0.2) is 48.3 Å². The van der Waals surface area contributed by atoms with Gasteiger partial charge in [0.15, 0.2) is 0 Å². The zero-order valence-corrected chi connectivity index (χ0v) is 19.8. The van der Waals surface area contributed by atoms with Gasteiger partial charge in [0.05, 0.1) is 18.7 Å². The Morgan fingerprint density at radius 1 is 1.29 bits per heavy atom. The number of nitrogens with zero attached hydrogens (tertiary/aromatic N) is 6. The maximum absolute atomic E-state index is 12.6. The lowest BCUT2D eigenvalue weighted by atomic mass is 10.3. The standard InChI is InChI=1S/C20H18ClF3N8O2S/c1-11(30-17(33)14-5-16(29-9-28-14)32-4-3-25-10-32)19-27-8-15(35-19)18(34)31-12(2)26-7-13(21)6-20(22,23)24/h3-5,7-11H,6H2,1-2H3,(H,30,33)(H,26,31,34)/b13-7+. The number of thiazole rings is 1. The minimum atomic E-state index is -4.46. The zero-order valence-electron chi connectivity index (χ0n) is 18.2. The number of aliphatic imine (C=N–C) groups is 1. The fraction of sp³-hybridized carbons (Fsp3) is 0.250. The summed E-state index contributed by atoms with van der Waals surface area (Å²) in [6.07, 6.45) is 2.42. The number of amidine groups is 1. The van der Waals surface area contributed by atoms with Gasteiger partial charge in [0, 0.05) is 29.7 Å². The smallest absolute Gasteiger partial charge is 0.342 e. The molecule has 0 aliphatic heterocycles. The monoisotopic (exact) mass is 526 g/mol. The first-order valence-corrected chi connectivity index (χ1v) is 11.1. The van der Waals surface area contributed by atoms with Gasteiger partial charge in [-0.25, -0.2) is 24.9 Å². The number of amides is 2. The van der Waals surface area contributed by atoms with Gasteiger partial charge in [-0.05, 0) is 13.8 Å². The Kier molecular flexibility index (Phi) is 8.30. The molecular formula is C20H18ClF3N8O2S. The minimum absolute atomic E-state index is 0.0454. The van der Waals surface area contributed by atoms with Crippen molar-refractivity contribution >= 4 is 40.6 Å². The van der Waals surface area contributed by atoms with Crippen molar-refractivity contribution in [3.8, 4) is 5.82 Å². The fourth-order valence-corrected chi connectivity index (χ4v) is 3.61. The summed E-state index contributed by atoms with van der Waals surface area (Å²) >= 11 is 6.52. The summed E-state index contributed by atoms with van der Waals surface area (Å²) in [5, 5.41) is 5.13. The molecule has 0 aliphatic rings. The van der Waals surface area contributed by atoms with Crippen molar-refractivity contribution < 1.29 is 22.8 Å². The SMILES string of the molecule is CC(=N/C=C(/Cl)CC(F)(F)F)NC(=O)c1cnc(C(C)NC(=O)c2cc(-n3ccnc3)ncn2)s1. The highest BCUT2D eigenvalue weighted by Crippen LogP contribution is 2.26. The quantitative estimate of drug-likeness (QED) is 0.356. The fourth-order valence-electron chi connectivity index (χ4n) is 2.59. The van der Waals surface area contributed by atoms with Crippen molar-refractivity contribution in [1.29, 1.82) is 0 Å². The van der Waals surface area contributed by atoms with Crippen LogP contribution < -0.4 is 10.6 Å². The van der Waals surface area contributed by atoms with Gasteiger partial charge in [-0.1, -0.05) is 11.6 Å². The van der Waals surface area contributed by atoms with Crippen molar-refractivity contribution in [2.24, 2.45) is 4.99 Å². The first-order chi connectivity index (χ1) is 16.5. The predicted octanol–water partition coefficient (Wildman–Crippen LogP) is 3.79. The maximum Gasteiger partial charge on any atom is 0.393 e. The second-order valence-corrected chi connectivity index (χ2v) is 8.57. The number of allylic oxidation sites excluding steroid dienone is 1. The van der Waals surface area contributed by atoms with Crippen LogP contribution in [0.1, 0.15) is 51.5 Å². The molecule has 2 amide bonds. The third-order valence-corrected chi connectivity index (χ3v) is 5.59. The Balaban J connectivity index is 1.60. The van der Waals surface area contributed by atoms with Crippen molar-refractivity contribution in [2.45, 2.75) is 32.5 Å². The van der Waals surface area contributed by atoms with Gasteiger partial charge in [-0.2, -0.15) is 13.2 Å². The summed E-state index contributed by atoms with van der Waals surface area (Å²) in [5.74, 6) is -0.512. The van der Waals surface area contributed by atoms with Gasteiger partial charge < -0.3 is 10.6 Å². The van der Waals surface area contributed by atoms with Crippen LogP contribution in [0.2, 0.25) is 0 Å². The number of alkyl halides is 3. The highest BCUT2D eigenvalue weighted by Gasteiger charge is 2.28. The second kappa shape index (κ2) is 11.2. The van der Waals surface area contributed by atoms with Crippen molar-refractivity contribution in [3.05, 3.63) is 64.1 Å². The molecule has 0 saturated heterocycles. The lowest BCUT2D eigenvalue weighted by Gasteiger charge is -2.11. The third-order valence-electron chi connectivity index (χ3n) is 4.18. The summed E-state index contributed by atoms with van der Waals surface area (Å²) in [6.45, 7) is 3.09. The molecule has 0 bridgehead atoms. The summed E-state index contributed by atoms with van der Waals surface area (Å²) in [5.41, 5.74) is 0.133. The van der Waals surface area contributed by atoms with Crippen molar-refractivity contribution in [3.63, 3.8) is 0 Å². The minimum Gasteiger partial charge on any atom is -0.342 e. The molecule has 184 valence electrons. The summed E-state index contributed by atoms with van der Waals surface area (Å²) in [4.78, 5) is 45.1.